The van der Waals surface area contributed by atoms with Crippen molar-refractivity contribution in [3.05, 3.63) is 113 Å². The lowest BCUT2D eigenvalue weighted by Gasteiger charge is -2.31. The van der Waals surface area contributed by atoms with E-state index in [1.54, 1.807) is 18.2 Å². The van der Waals surface area contributed by atoms with Gasteiger partial charge in [0.1, 0.15) is 35.0 Å². The molecule has 2 heterocycles. The van der Waals surface area contributed by atoms with Gasteiger partial charge >= 0.3 is 5.79 Å². The predicted molar refractivity (Wildman–Crippen MR) is 124 cm³/mol. The van der Waals surface area contributed by atoms with E-state index in [1.165, 1.54) is 60.7 Å². The van der Waals surface area contributed by atoms with Gasteiger partial charge in [0.25, 0.3) is 0 Å². The Labute approximate surface area is 204 Å². The van der Waals surface area contributed by atoms with E-state index in [0.29, 0.717) is 33.8 Å². The Morgan fingerprint density at radius 2 is 1.33 bits per heavy atom. The van der Waals surface area contributed by atoms with Gasteiger partial charge in [-0.3, -0.25) is 0 Å². The highest BCUT2D eigenvalue weighted by Crippen LogP contribution is 2.50. The summed E-state index contributed by atoms with van der Waals surface area (Å²) in [6.45, 7) is 0. The largest absolute Gasteiger partial charge is 0.508 e. The molecule has 0 spiro atoms. The topological polar surface area (TPSA) is 88.4 Å². The van der Waals surface area contributed by atoms with Crippen LogP contribution >= 0.6 is 0 Å². The molecule has 8 heteroatoms. The molecule has 2 aliphatic rings. The number of rotatable bonds is 3. The van der Waals surface area contributed by atoms with Crippen LogP contribution in [0.3, 0.4) is 0 Å². The second-order valence-corrected chi connectivity index (χ2v) is 8.79. The number of phenols is 2. The molecule has 0 aliphatic carbocycles. The highest BCUT2D eigenvalue weighted by molar-refractivity contribution is 5.54. The van der Waals surface area contributed by atoms with E-state index >= 15 is 0 Å². The maximum atomic E-state index is 13.7. The number of hydrogen-bond donors (Lipinski definition) is 3. The van der Waals surface area contributed by atoms with Crippen LogP contribution in [-0.4, -0.2) is 21.4 Å². The number of hydrogen-bond acceptors (Lipinski definition) is 6. The lowest BCUT2D eigenvalue weighted by atomic mass is 9.94. The zero-order valence-electron chi connectivity index (χ0n) is 18.7. The molecule has 2 unspecified atom stereocenters. The number of fused-ring (bicyclic) bond motifs is 2. The monoisotopic (exact) mass is 490 g/mol. The normalized spacial score (nSPS) is 19.4. The van der Waals surface area contributed by atoms with Crippen LogP contribution in [0.5, 0.6) is 28.7 Å². The summed E-state index contributed by atoms with van der Waals surface area (Å²) in [6.07, 6.45) is -1.66. The maximum Gasteiger partial charge on any atom is 0.305 e. The van der Waals surface area contributed by atoms with Crippen molar-refractivity contribution in [1.29, 1.82) is 0 Å². The molecule has 36 heavy (non-hydrogen) atoms. The maximum absolute atomic E-state index is 13.7. The van der Waals surface area contributed by atoms with Crippen molar-refractivity contribution in [2.75, 3.05) is 0 Å². The molecule has 6 rings (SSSR count). The zero-order valence-corrected chi connectivity index (χ0v) is 18.7. The molecule has 0 radical (unpaired) electrons. The summed E-state index contributed by atoms with van der Waals surface area (Å²) >= 11 is 0. The van der Waals surface area contributed by atoms with Crippen LogP contribution in [0.2, 0.25) is 0 Å². The van der Waals surface area contributed by atoms with E-state index < -0.39 is 29.6 Å². The van der Waals surface area contributed by atoms with Crippen LogP contribution in [0.25, 0.3) is 0 Å². The average Bonchev–Trinajstić information content (AvgIpc) is 3.25. The number of ether oxygens (including phenoxy) is 3. The summed E-state index contributed by atoms with van der Waals surface area (Å²) in [6, 6.07) is 18.9. The second-order valence-electron chi connectivity index (χ2n) is 8.79. The third kappa shape index (κ3) is 3.58. The van der Waals surface area contributed by atoms with Crippen LogP contribution in [-0.2, 0) is 12.2 Å². The van der Waals surface area contributed by atoms with Gasteiger partial charge in [-0.2, -0.15) is 0 Å². The minimum absolute atomic E-state index is 0.121. The van der Waals surface area contributed by atoms with Gasteiger partial charge in [-0.05, 0) is 66.2 Å². The third-order valence-corrected chi connectivity index (χ3v) is 6.44. The molecule has 182 valence electrons. The van der Waals surface area contributed by atoms with Gasteiger partial charge in [0, 0.05) is 35.2 Å². The molecule has 0 amide bonds. The van der Waals surface area contributed by atoms with Crippen LogP contribution in [0.15, 0.2) is 78.9 Å². The van der Waals surface area contributed by atoms with E-state index in [0.717, 1.165) is 0 Å². The molecule has 0 saturated carbocycles. The lowest BCUT2D eigenvalue weighted by Crippen LogP contribution is -2.36. The second kappa shape index (κ2) is 8.13. The Kier molecular flexibility index (Phi) is 5.01. The van der Waals surface area contributed by atoms with E-state index in [4.69, 9.17) is 14.2 Å². The first-order chi connectivity index (χ1) is 17.3. The van der Waals surface area contributed by atoms with Crippen LogP contribution < -0.4 is 14.2 Å². The van der Waals surface area contributed by atoms with Crippen molar-refractivity contribution >= 4 is 0 Å². The summed E-state index contributed by atoms with van der Waals surface area (Å²) < 4.78 is 45.9. The van der Waals surface area contributed by atoms with Crippen molar-refractivity contribution in [3.63, 3.8) is 0 Å². The van der Waals surface area contributed by atoms with Crippen molar-refractivity contribution in [1.82, 2.24) is 0 Å². The Bertz CT molecular complexity index is 1410. The SMILES string of the molecule is Oc1cc(O)c2c(c1)OC(c1ccc3c(c1)OC(c1ccc(F)cc1)(c1ccc(F)cc1)O3)C(O)C2. The Hall–Kier alpha value is -4.30. The van der Waals surface area contributed by atoms with Crippen molar-refractivity contribution in [2.45, 2.75) is 24.4 Å². The van der Waals surface area contributed by atoms with E-state index in [1.807, 2.05) is 0 Å². The number of benzene rings is 4. The summed E-state index contributed by atoms with van der Waals surface area (Å²) in [7, 11) is 0. The minimum Gasteiger partial charge on any atom is -0.508 e. The molecule has 4 aromatic rings. The molecule has 0 fully saturated rings. The molecule has 2 atom stereocenters. The molecular formula is C28H20F2O6. The average molecular weight is 490 g/mol. The molecule has 4 aromatic carbocycles. The first-order valence-corrected chi connectivity index (χ1v) is 11.3. The summed E-state index contributed by atoms with van der Waals surface area (Å²) in [5.74, 6) is -1.63. The fraction of sp³-hybridized carbons (Fsp3) is 0.143. The first-order valence-electron chi connectivity index (χ1n) is 11.3. The molecule has 6 nitrogen and oxygen atoms in total. The number of phenolic OH excluding ortho intramolecular Hbond substituents is 2. The zero-order chi connectivity index (χ0) is 25.0. The molecule has 2 aliphatic heterocycles. The van der Waals surface area contributed by atoms with E-state index in [2.05, 4.69) is 0 Å². The van der Waals surface area contributed by atoms with E-state index in [9.17, 15) is 24.1 Å². The number of aromatic hydroxyl groups is 2. The van der Waals surface area contributed by atoms with Crippen LogP contribution in [0.4, 0.5) is 8.78 Å². The number of aliphatic hydroxyl groups is 1. The lowest BCUT2D eigenvalue weighted by molar-refractivity contribution is -0.0460. The quantitative estimate of drug-likeness (QED) is 0.371. The highest BCUT2D eigenvalue weighted by Gasteiger charge is 2.46. The van der Waals surface area contributed by atoms with Gasteiger partial charge < -0.3 is 29.5 Å². The first kappa shape index (κ1) is 22.2. The summed E-state index contributed by atoms with van der Waals surface area (Å²) in [4.78, 5) is 0. The fourth-order valence-electron chi connectivity index (χ4n) is 4.69. The van der Waals surface area contributed by atoms with Crippen LogP contribution in [0, 0.1) is 11.6 Å². The van der Waals surface area contributed by atoms with E-state index in [-0.39, 0.29) is 23.7 Å². The minimum atomic E-state index is -1.49. The predicted octanol–water partition coefficient (Wildman–Crippen LogP) is 5.09. The van der Waals surface area contributed by atoms with Gasteiger partial charge in [-0.1, -0.05) is 6.07 Å². The smallest absolute Gasteiger partial charge is 0.305 e. The molecular weight excluding hydrogens is 470 g/mol. The van der Waals surface area contributed by atoms with Crippen molar-refractivity contribution in [3.8, 4) is 28.7 Å². The van der Waals surface area contributed by atoms with Gasteiger partial charge in [0.15, 0.2) is 11.5 Å². The standard InChI is InChI=1S/C28H20F2O6/c29-18-6-2-16(3-7-18)28(17-4-8-19(30)9-5-17)35-24-10-1-15(11-26(24)36-28)27-23(33)14-21-22(32)12-20(31)13-25(21)34-27/h1-13,23,27,31-33H,14H2. The van der Waals surface area contributed by atoms with Crippen LogP contribution in [0.1, 0.15) is 28.4 Å². The molecule has 3 N–H and O–H groups in total. The molecule has 0 aromatic heterocycles. The Balaban J connectivity index is 1.38. The van der Waals surface area contributed by atoms with Gasteiger partial charge in [0.05, 0.1) is 6.10 Å². The highest BCUT2D eigenvalue weighted by atomic mass is 19.1. The summed E-state index contributed by atoms with van der Waals surface area (Å²) in [5, 5.41) is 30.7. The Morgan fingerprint density at radius 3 is 1.97 bits per heavy atom. The van der Waals surface area contributed by atoms with Crippen molar-refractivity contribution < 1.29 is 38.3 Å². The summed E-state index contributed by atoms with van der Waals surface area (Å²) in [5.41, 5.74) is 1.99. The fourth-order valence-corrected chi connectivity index (χ4v) is 4.69. The molecule has 0 saturated heterocycles. The van der Waals surface area contributed by atoms with Crippen molar-refractivity contribution in [2.24, 2.45) is 0 Å². The van der Waals surface area contributed by atoms with Gasteiger partial charge in [0.2, 0.25) is 0 Å². The van der Waals surface area contributed by atoms with Gasteiger partial charge in [-0.15, -0.1) is 0 Å². The third-order valence-electron chi connectivity index (χ3n) is 6.44. The number of halogens is 2. The molecule has 0 bridgehead atoms. The number of aliphatic hydroxyl groups excluding tert-OH is 1. The Morgan fingerprint density at radius 1 is 0.722 bits per heavy atom. The van der Waals surface area contributed by atoms with Gasteiger partial charge in [-0.25, -0.2) is 8.78 Å².